The van der Waals surface area contributed by atoms with Gasteiger partial charge in [0.1, 0.15) is 0 Å². The van der Waals surface area contributed by atoms with E-state index in [1.807, 2.05) is 0 Å². The molecular weight excluding hydrogens is 204 g/mol. The van der Waals surface area contributed by atoms with Crippen molar-refractivity contribution in [2.75, 3.05) is 33.2 Å². The van der Waals surface area contributed by atoms with E-state index in [4.69, 9.17) is 5.11 Å². The summed E-state index contributed by atoms with van der Waals surface area (Å²) in [6.45, 7) is 6.51. The van der Waals surface area contributed by atoms with Crippen LogP contribution in [0, 0.1) is 5.41 Å². The SMILES string of the molecule is CC1CN(C)CCN1CC1(CC(=O)O)CC1. The summed E-state index contributed by atoms with van der Waals surface area (Å²) in [7, 11) is 2.15. The van der Waals surface area contributed by atoms with Crippen molar-refractivity contribution in [1.29, 1.82) is 0 Å². The topological polar surface area (TPSA) is 43.8 Å². The molecule has 1 unspecified atom stereocenters. The molecule has 0 aromatic rings. The molecule has 1 aliphatic heterocycles. The average Bonchev–Trinajstić information content (AvgIpc) is 2.89. The van der Waals surface area contributed by atoms with E-state index >= 15 is 0 Å². The summed E-state index contributed by atoms with van der Waals surface area (Å²) in [4.78, 5) is 15.6. The molecule has 1 saturated heterocycles. The van der Waals surface area contributed by atoms with E-state index < -0.39 is 5.97 Å². The van der Waals surface area contributed by atoms with Crippen molar-refractivity contribution in [3.63, 3.8) is 0 Å². The lowest BCUT2D eigenvalue weighted by molar-refractivity contribution is -0.138. The van der Waals surface area contributed by atoms with Crippen LogP contribution < -0.4 is 0 Å². The molecule has 1 aliphatic carbocycles. The van der Waals surface area contributed by atoms with Crippen molar-refractivity contribution < 1.29 is 9.90 Å². The van der Waals surface area contributed by atoms with Crippen molar-refractivity contribution in [1.82, 2.24) is 9.80 Å². The lowest BCUT2D eigenvalue weighted by Gasteiger charge is -2.40. The summed E-state index contributed by atoms with van der Waals surface area (Å²) in [6.07, 6.45) is 2.54. The van der Waals surface area contributed by atoms with Gasteiger partial charge < -0.3 is 10.0 Å². The highest BCUT2D eigenvalue weighted by Gasteiger charge is 2.46. The molecule has 0 aromatic heterocycles. The molecule has 2 rings (SSSR count). The van der Waals surface area contributed by atoms with Gasteiger partial charge in [-0.1, -0.05) is 0 Å². The van der Waals surface area contributed by atoms with Crippen LogP contribution in [0.1, 0.15) is 26.2 Å². The smallest absolute Gasteiger partial charge is 0.303 e. The first-order valence-corrected chi connectivity index (χ1v) is 6.15. The summed E-state index contributed by atoms with van der Waals surface area (Å²) in [5.41, 5.74) is 0.107. The van der Waals surface area contributed by atoms with Crippen LogP contribution in [0.25, 0.3) is 0 Å². The van der Waals surface area contributed by atoms with Crippen molar-refractivity contribution in [2.24, 2.45) is 5.41 Å². The van der Waals surface area contributed by atoms with Gasteiger partial charge in [0.05, 0.1) is 6.42 Å². The zero-order valence-electron chi connectivity index (χ0n) is 10.3. The predicted molar refractivity (Wildman–Crippen MR) is 62.5 cm³/mol. The van der Waals surface area contributed by atoms with Gasteiger partial charge in [0.25, 0.3) is 0 Å². The fourth-order valence-electron chi connectivity index (χ4n) is 2.73. The Morgan fingerprint density at radius 3 is 2.62 bits per heavy atom. The number of nitrogens with zero attached hydrogens (tertiary/aromatic N) is 2. The van der Waals surface area contributed by atoms with Gasteiger partial charge in [-0.3, -0.25) is 9.69 Å². The molecule has 0 spiro atoms. The third-order valence-electron chi connectivity index (χ3n) is 3.99. The average molecular weight is 226 g/mol. The largest absolute Gasteiger partial charge is 0.481 e. The predicted octanol–water partition coefficient (Wildman–Crippen LogP) is 0.877. The minimum atomic E-state index is -0.640. The molecular formula is C12H22N2O2. The first-order chi connectivity index (χ1) is 7.51. The number of hydrogen-bond acceptors (Lipinski definition) is 3. The lowest BCUT2D eigenvalue weighted by atomic mass is 10.0. The molecule has 2 fully saturated rings. The molecule has 1 N–H and O–H groups in total. The Hall–Kier alpha value is -0.610. The van der Waals surface area contributed by atoms with Gasteiger partial charge in [-0.25, -0.2) is 0 Å². The highest BCUT2D eigenvalue weighted by atomic mass is 16.4. The number of piperazine rings is 1. The summed E-state index contributed by atoms with van der Waals surface area (Å²) in [5.74, 6) is -0.640. The summed E-state index contributed by atoms with van der Waals surface area (Å²) < 4.78 is 0. The number of rotatable bonds is 4. The quantitative estimate of drug-likeness (QED) is 0.773. The Bertz CT molecular complexity index is 276. The molecule has 0 radical (unpaired) electrons. The zero-order valence-corrected chi connectivity index (χ0v) is 10.3. The normalized spacial score (nSPS) is 30.2. The fraction of sp³-hybridized carbons (Fsp3) is 0.917. The standard InChI is InChI=1S/C12H22N2O2/c1-10-8-13(2)5-6-14(10)9-12(3-4-12)7-11(15)16/h10H,3-9H2,1-2H3,(H,15,16). The maximum Gasteiger partial charge on any atom is 0.303 e. The molecule has 0 aromatic carbocycles. The number of carbonyl (C=O) groups is 1. The molecule has 0 bridgehead atoms. The molecule has 0 amide bonds. The van der Waals surface area contributed by atoms with Gasteiger partial charge in [0, 0.05) is 32.2 Å². The Kier molecular flexibility index (Phi) is 3.22. The molecule has 1 heterocycles. The van der Waals surface area contributed by atoms with E-state index in [2.05, 4.69) is 23.8 Å². The maximum atomic E-state index is 10.8. The van der Waals surface area contributed by atoms with Gasteiger partial charge in [-0.2, -0.15) is 0 Å². The van der Waals surface area contributed by atoms with Crippen LogP contribution in [0.15, 0.2) is 0 Å². The van der Waals surface area contributed by atoms with Crippen LogP contribution in [0.5, 0.6) is 0 Å². The Morgan fingerprint density at radius 1 is 1.44 bits per heavy atom. The summed E-state index contributed by atoms with van der Waals surface area (Å²) in [6, 6.07) is 0.560. The minimum absolute atomic E-state index is 0.107. The Morgan fingerprint density at radius 2 is 2.12 bits per heavy atom. The van der Waals surface area contributed by atoms with Crippen LogP contribution in [0.2, 0.25) is 0 Å². The molecule has 92 valence electrons. The van der Waals surface area contributed by atoms with Crippen LogP contribution in [-0.2, 0) is 4.79 Å². The highest BCUT2D eigenvalue weighted by molar-refractivity contribution is 5.68. The van der Waals surface area contributed by atoms with Gasteiger partial charge in [-0.05, 0) is 32.2 Å². The number of likely N-dealkylation sites (N-methyl/N-ethyl adjacent to an activating group) is 1. The Balaban J connectivity index is 1.87. The molecule has 1 atom stereocenters. The third kappa shape index (κ3) is 2.74. The molecule has 1 saturated carbocycles. The van der Waals surface area contributed by atoms with Crippen molar-refractivity contribution >= 4 is 5.97 Å². The lowest BCUT2D eigenvalue weighted by Crippen LogP contribution is -2.52. The van der Waals surface area contributed by atoms with E-state index in [9.17, 15) is 4.79 Å². The first-order valence-electron chi connectivity index (χ1n) is 6.15. The fourth-order valence-corrected chi connectivity index (χ4v) is 2.73. The van der Waals surface area contributed by atoms with Gasteiger partial charge in [0.2, 0.25) is 0 Å². The zero-order chi connectivity index (χ0) is 11.8. The second kappa shape index (κ2) is 4.34. The van der Waals surface area contributed by atoms with Crippen LogP contribution in [0.4, 0.5) is 0 Å². The molecule has 4 heteroatoms. The van der Waals surface area contributed by atoms with E-state index in [-0.39, 0.29) is 5.41 Å². The second-order valence-electron chi connectivity index (χ2n) is 5.65. The van der Waals surface area contributed by atoms with Gasteiger partial charge in [0.15, 0.2) is 0 Å². The van der Waals surface area contributed by atoms with E-state index in [0.717, 1.165) is 39.0 Å². The maximum absolute atomic E-state index is 10.8. The summed E-state index contributed by atoms with van der Waals surface area (Å²) in [5, 5.41) is 8.90. The van der Waals surface area contributed by atoms with Crippen LogP contribution >= 0.6 is 0 Å². The molecule has 16 heavy (non-hydrogen) atoms. The first kappa shape index (κ1) is 11.9. The van der Waals surface area contributed by atoms with E-state index in [0.29, 0.717) is 12.5 Å². The van der Waals surface area contributed by atoms with Crippen molar-refractivity contribution in [3.8, 4) is 0 Å². The van der Waals surface area contributed by atoms with E-state index in [1.54, 1.807) is 0 Å². The minimum Gasteiger partial charge on any atom is -0.481 e. The third-order valence-corrected chi connectivity index (χ3v) is 3.99. The van der Waals surface area contributed by atoms with Crippen LogP contribution in [-0.4, -0.2) is 60.1 Å². The Labute approximate surface area is 97.2 Å². The highest BCUT2D eigenvalue weighted by Crippen LogP contribution is 2.49. The van der Waals surface area contributed by atoms with Crippen molar-refractivity contribution in [2.45, 2.75) is 32.2 Å². The van der Waals surface area contributed by atoms with Gasteiger partial charge in [-0.15, -0.1) is 0 Å². The van der Waals surface area contributed by atoms with Crippen LogP contribution in [0.3, 0.4) is 0 Å². The second-order valence-corrected chi connectivity index (χ2v) is 5.65. The molecule has 2 aliphatic rings. The number of hydrogen-bond donors (Lipinski definition) is 1. The van der Waals surface area contributed by atoms with E-state index in [1.165, 1.54) is 0 Å². The van der Waals surface area contributed by atoms with Gasteiger partial charge >= 0.3 is 5.97 Å². The number of aliphatic carboxylic acids is 1. The monoisotopic (exact) mass is 226 g/mol. The number of carboxylic acids is 1. The summed E-state index contributed by atoms with van der Waals surface area (Å²) >= 11 is 0. The molecule has 4 nitrogen and oxygen atoms in total. The van der Waals surface area contributed by atoms with Crippen molar-refractivity contribution in [3.05, 3.63) is 0 Å². The number of carboxylic acid groups (broad SMARTS) is 1.